The van der Waals surface area contributed by atoms with Crippen molar-refractivity contribution in [3.63, 3.8) is 0 Å². The molecule has 0 amide bonds. The monoisotopic (exact) mass is 223 g/mol. The lowest BCUT2D eigenvalue weighted by molar-refractivity contribution is -0.119. The van der Waals surface area contributed by atoms with Crippen molar-refractivity contribution in [1.82, 2.24) is 14.8 Å². The van der Waals surface area contributed by atoms with E-state index >= 15 is 0 Å². The molecule has 4 nitrogen and oxygen atoms in total. The first-order chi connectivity index (χ1) is 7.54. The number of rotatable bonds is 6. The molecular formula is C12H21N3O. The predicted molar refractivity (Wildman–Crippen MR) is 63.2 cm³/mol. The minimum Gasteiger partial charge on any atom is -0.299 e. The van der Waals surface area contributed by atoms with Gasteiger partial charge in [-0.1, -0.05) is 20.3 Å². The molecule has 0 fully saturated rings. The van der Waals surface area contributed by atoms with E-state index in [0.717, 1.165) is 12.2 Å². The summed E-state index contributed by atoms with van der Waals surface area (Å²) >= 11 is 0. The average Bonchev–Trinajstić information content (AvgIpc) is 2.65. The summed E-state index contributed by atoms with van der Waals surface area (Å²) in [7, 11) is 0. The van der Waals surface area contributed by atoms with Crippen molar-refractivity contribution in [3.8, 4) is 0 Å². The van der Waals surface area contributed by atoms with Crippen LogP contribution in [0.25, 0.3) is 0 Å². The van der Waals surface area contributed by atoms with Crippen LogP contribution in [0.2, 0.25) is 0 Å². The molecule has 0 radical (unpaired) electrons. The largest absolute Gasteiger partial charge is 0.299 e. The van der Waals surface area contributed by atoms with Gasteiger partial charge in [-0.15, -0.1) is 0 Å². The van der Waals surface area contributed by atoms with Gasteiger partial charge in [0.15, 0.2) is 0 Å². The van der Waals surface area contributed by atoms with Crippen molar-refractivity contribution in [2.24, 2.45) is 5.92 Å². The molecule has 1 aromatic heterocycles. The van der Waals surface area contributed by atoms with Gasteiger partial charge in [0.25, 0.3) is 0 Å². The fourth-order valence-electron chi connectivity index (χ4n) is 1.61. The van der Waals surface area contributed by atoms with Gasteiger partial charge in [0.1, 0.15) is 17.9 Å². The highest BCUT2D eigenvalue weighted by Gasteiger charge is 2.13. The zero-order valence-corrected chi connectivity index (χ0v) is 10.6. The van der Waals surface area contributed by atoms with Crippen molar-refractivity contribution in [2.75, 3.05) is 0 Å². The van der Waals surface area contributed by atoms with Crippen molar-refractivity contribution < 1.29 is 4.79 Å². The standard InChI is InChI=1S/C12H21N3O/c1-5-10(4)6-11(16)7-12-13-8-14-15(12)9(2)3/h8-10H,5-7H2,1-4H3. The summed E-state index contributed by atoms with van der Waals surface area (Å²) in [5.74, 6) is 1.50. The molecule has 16 heavy (non-hydrogen) atoms. The molecule has 90 valence electrons. The Bertz CT molecular complexity index is 344. The van der Waals surface area contributed by atoms with Gasteiger partial charge in [-0.05, 0) is 19.8 Å². The fourth-order valence-corrected chi connectivity index (χ4v) is 1.61. The molecule has 1 atom stereocenters. The van der Waals surface area contributed by atoms with Crippen LogP contribution in [0.3, 0.4) is 0 Å². The molecule has 0 spiro atoms. The zero-order valence-electron chi connectivity index (χ0n) is 10.6. The van der Waals surface area contributed by atoms with Crippen LogP contribution in [0.1, 0.15) is 52.4 Å². The van der Waals surface area contributed by atoms with Gasteiger partial charge in [0, 0.05) is 12.5 Å². The summed E-state index contributed by atoms with van der Waals surface area (Å²) < 4.78 is 1.81. The third-order valence-electron chi connectivity index (χ3n) is 2.76. The fraction of sp³-hybridized carbons (Fsp3) is 0.750. The normalized spacial score (nSPS) is 13.1. The van der Waals surface area contributed by atoms with Gasteiger partial charge < -0.3 is 0 Å². The average molecular weight is 223 g/mol. The lowest BCUT2D eigenvalue weighted by atomic mass is 10.0. The minimum atomic E-state index is 0.254. The number of carbonyl (C=O) groups excluding carboxylic acids is 1. The molecule has 1 aromatic rings. The van der Waals surface area contributed by atoms with E-state index in [9.17, 15) is 4.79 Å². The van der Waals surface area contributed by atoms with E-state index in [1.54, 1.807) is 0 Å². The van der Waals surface area contributed by atoms with Crippen LogP contribution in [0.15, 0.2) is 6.33 Å². The van der Waals surface area contributed by atoms with Gasteiger partial charge >= 0.3 is 0 Å². The second kappa shape index (κ2) is 5.77. The minimum absolute atomic E-state index is 0.254. The lowest BCUT2D eigenvalue weighted by Crippen LogP contribution is -2.14. The smallest absolute Gasteiger partial charge is 0.140 e. The summed E-state index contributed by atoms with van der Waals surface area (Å²) in [6.07, 6.45) is 3.61. The molecule has 0 bridgehead atoms. The van der Waals surface area contributed by atoms with Crippen LogP contribution in [-0.4, -0.2) is 20.5 Å². The second-order valence-electron chi connectivity index (χ2n) is 4.65. The van der Waals surface area contributed by atoms with E-state index in [4.69, 9.17) is 0 Å². The van der Waals surface area contributed by atoms with Gasteiger partial charge in [-0.3, -0.25) is 4.79 Å². The molecule has 1 heterocycles. The first kappa shape index (κ1) is 12.9. The third-order valence-corrected chi connectivity index (χ3v) is 2.76. The van der Waals surface area contributed by atoms with Crippen molar-refractivity contribution in [2.45, 2.75) is 53.0 Å². The Morgan fingerprint density at radius 2 is 2.12 bits per heavy atom. The summed E-state index contributed by atoms with van der Waals surface area (Å²) in [6, 6.07) is 0.258. The molecule has 1 unspecified atom stereocenters. The Morgan fingerprint density at radius 1 is 1.44 bits per heavy atom. The van der Waals surface area contributed by atoms with Crippen LogP contribution in [0.4, 0.5) is 0 Å². The maximum absolute atomic E-state index is 11.8. The summed E-state index contributed by atoms with van der Waals surface area (Å²) in [5.41, 5.74) is 0. The molecule has 0 aliphatic rings. The maximum atomic E-state index is 11.8. The van der Waals surface area contributed by atoms with E-state index in [2.05, 4.69) is 23.9 Å². The Morgan fingerprint density at radius 3 is 2.69 bits per heavy atom. The number of ketones is 1. The SMILES string of the molecule is CCC(C)CC(=O)Cc1ncnn1C(C)C. The number of hydrogen-bond donors (Lipinski definition) is 0. The Hall–Kier alpha value is -1.19. The maximum Gasteiger partial charge on any atom is 0.140 e. The number of nitrogens with zero attached hydrogens (tertiary/aromatic N) is 3. The summed E-state index contributed by atoms with van der Waals surface area (Å²) in [4.78, 5) is 15.9. The quantitative estimate of drug-likeness (QED) is 0.744. The molecule has 0 aliphatic heterocycles. The Balaban J connectivity index is 2.59. The first-order valence-electron chi connectivity index (χ1n) is 5.94. The highest BCUT2D eigenvalue weighted by Crippen LogP contribution is 2.11. The van der Waals surface area contributed by atoms with Crippen LogP contribution in [0, 0.1) is 5.92 Å². The van der Waals surface area contributed by atoms with Gasteiger partial charge in [-0.25, -0.2) is 9.67 Å². The molecule has 0 saturated carbocycles. The molecule has 4 heteroatoms. The van der Waals surface area contributed by atoms with E-state index < -0.39 is 0 Å². The van der Waals surface area contributed by atoms with E-state index in [-0.39, 0.29) is 11.8 Å². The highest BCUT2D eigenvalue weighted by molar-refractivity contribution is 5.80. The topological polar surface area (TPSA) is 47.8 Å². The Labute approximate surface area is 97.1 Å². The molecular weight excluding hydrogens is 202 g/mol. The second-order valence-corrected chi connectivity index (χ2v) is 4.65. The van der Waals surface area contributed by atoms with Crippen molar-refractivity contribution in [1.29, 1.82) is 0 Å². The van der Waals surface area contributed by atoms with Crippen molar-refractivity contribution in [3.05, 3.63) is 12.2 Å². The summed E-state index contributed by atoms with van der Waals surface area (Å²) in [5, 5.41) is 4.12. The number of hydrogen-bond acceptors (Lipinski definition) is 3. The molecule has 0 aromatic carbocycles. The van der Waals surface area contributed by atoms with Crippen LogP contribution in [-0.2, 0) is 11.2 Å². The number of Topliss-reactive ketones (excluding diaryl/α,β-unsaturated/α-hetero) is 1. The molecule has 0 saturated heterocycles. The van der Waals surface area contributed by atoms with E-state index in [1.807, 2.05) is 18.5 Å². The van der Waals surface area contributed by atoms with Crippen molar-refractivity contribution >= 4 is 5.78 Å². The van der Waals surface area contributed by atoms with Gasteiger partial charge in [0.2, 0.25) is 0 Å². The van der Waals surface area contributed by atoms with E-state index in [0.29, 0.717) is 18.8 Å². The van der Waals surface area contributed by atoms with Gasteiger partial charge in [0.05, 0.1) is 6.42 Å². The van der Waals surface area contributed by atoms with E-state index in [1.165, 1.54) is 6.33 Å². The lowest BCUT2D eigenvalue weighted by Gasteiger charge is -2.10. The summed E-state index contributed by atoms with van der Waals surface area (Å²) in [6.45, 7) is 8.29. The zero-order chi connectivity index (χ0) is 12.1. The third kappa shape index (κ3) is 3.43. The Kier molecular flexibility index (Phi) is 4.65. The van der Waals surface area contributed by atoms with Gasteiger partial charge in [-0.2, -0.15) is 5.10 Å². The van der Waals surface area contributed by atoms with Crippen LogP contribution >= 0.6 is 0 Å². The molecule has 0 N–H and O–H groups in total. The molecule has 0 aliphatic carbocycles. The van der Waals surface area contributed by atoms with Crippen LogP contribution in [0.5, 0.6) is 0 Å². The van der Waals surface area contributed by atoms with Crippen LogP contribution < -0.4 is 0 Å². The molecule has 1 rings (SSSR count). The highest BCUT2D eigenvalue weighted by atomic mass is 16.1. The predicted octanol–water partition coefficient (Wildman–Crippen LogP) is 2.41. The first-order valence-corrected chi connectivity index (χ1v) is 5.94. The number of carbonyl (C=O) groups is 1. The number of aromatic nitrogens is 3.